The van der Waals surface area contributed by atoms with Crippen LogP contribution in [-0.2, 0) is 4.74 Å². The zero-order valence-corrected chi connectivity index (χ0v) is 9.40. The minimum atomic E-state index is -0.567. The Morgan fingerprint density at radius 3 is 2.75 bits per heavy atom. The third-order valence-electron chi connectivity index (χ3n) is 2.06. The lowest BCUT2D eigenvalue weighted by atomic mass is 10.1. The van der Waals surface area contributed by atoms with Gasteiger partial charge in [-0.25, -0.2) is 0 Å². The van der Waals surface area contributed by atoms with E-state index < -0.39 is 5.91 Å². The fourth-order valence-electron chi connectivity index (χ4n) is 1.35. The molecule has 0 spiro atoms. The van der Waals surface area contributed by atoms with Crippen molar-refractivity contribution in [3.63, 3.8) is 0 Å². The summed E-state index contributed by atoms with van der Waals surface area (Å²) in [6.07, 6.45) is -0.143. The highest BCUT2D eigenvalue weighted by atomic mass is 16.5. The highest BCUT2D eigenvalue weighted by Gasteiger charge is 2.12. The van der Waals surface area contributed by atoms with Gasteiger partial charge in [0.15, 0.2) is 0 Å². The number of anilines is 1. The molecule has 1 rings (SSSR count). The zero-order valence-electron chi connectivity index (χ0n) is 9.40. The standard InChI is InChI=1S/C11H16N2O3/c1-7(6-15-2)16-9-5-3-4-8(10(9)12)11(13)14/h3-5,7H,6,12H2,1-2H3,(H2,13,14). The quantitative estimate of drug-likeness (QED) is 0.723. The fraction of sp³-hybridized carbons (Fsp3) is 0.364. The van der Waals surface area contributed by atoms with Crippen LogP contribution in [0.4, 0.5) is 5.69 Å². The number of ether oxygens (including phenoxy) is 2. The van der Waals surface area contributed by atoms with Crippen molar-refractivity contribution in [3.05, 3.63) is 23.8 Å². The summed E-state index contributed by atoms with van der Waals surface area (Å²) < 4.78 is 10.5. The molecule has 0 aliphatic carbocycles. The van der Waals surface area contributed by atoms with Crippen LogP contribution in [-0.4, -0.2) is 25.7 Å². The Labute approximate surface area is 94.3 Å². The van der Waals surface area contributed by atoms with Crippen LogP contribution in [0.1, 0.15) is 17.3 Å². The third kappa shape index (κ3) is 2.87. The Morgan fingerprint density at radius 1 is 1.50 bits per heavy atom. The smallest absolute Gasteiger partial charge is 0.250 e. The van der Waals surface area contributed by atoms with Crippen molar-refractivity contribution in [1.29, 1.82) is 0 Å². The molecule has 0 bridgehead atoms. The summed E-state index contributed by atoms with van der Waals surface area (Å²) >= 11 is 0. The molecule has 5 heteroatoms. The maximum Gasteiger partial charge on any atom is 0.250 e. The third-order valence-corrected chi connectivity index (χ3v) is 2.06. The fourth-order valence-corrected chi connectivity index (χ4v) is 1.35. The number of hydrogen-bond donors (Lipinski definition) is 2. The molecule has 1 aromatic rings. The van der Waals surface area contributed by atoms with Crippen LogP contribution in [0.3, 0.4) is 0 Å². The number of benzene rings is 1. The molecule has 0 aliphatic heterocycles. The van der Waals surface area contributed by atoms with Gasteiger partial charge < -0.3 is 20.9 Å². The lowest BCUT2D eigenvalue weighted by Gasteiger charge is -2.16. The van der Waals surface area contributed by atoms with Crippen molar-refractivity contribution >= 4 is 11.6 Å². The van der Waals surface area contributed by atoms with E-state index in [0.717, 1.165) is 0 Å². The highest BCUT2D eigenvalue weighted by molar-refractivity contribution is 5.99. The molecule has 16 heavy (non-hydrogen) atoms. The number of carbonyl (C=O) groups excluding carboxylic acids is 1. The first-order valence-electron chi connectivity index (χ1n) is 4.90. The molecule has 0 saturated heterocycles. The van der Waals surface area contributed by atoms with Gasteiger partial charge in [0, 0.05) is 7.11 Å². The summed E-state index contributed by atoms with van der Waals surface area (Å²) in [5.41, 5.74) is 11.5. The summed E-state index contributed by atoms with van der Waals surface area (Å²) in [7, 11) is 1.59. The van der Waals surface area contributed by atoms with Crippen molar-refractivity contribution in [2.75, 3.05) is 19.5 Å². The van der Waals surface area contributed by atoms with Crippen molar-refractivity contribution in [3.8, 4) is 5.75 Å². The molecule has 0 aliphatic rings. The topological polar surface area (TPSA) is 87.6 Å². The van der Waals surface area contributed by atoms with Gasteiger partial charge in [-0.15, -0.1) is 0 Å². The number of para-hydroxylation sites is 1. The van der Waals surface area contributed by atoms with Gasteiger partial charge in [-0.1, -0.05) is 6.07 Å². The van der Waals surface area contributed by atoms with E-state index in [1.165, 1.54) is 0 Å². The molecule has 1 amide bonds. The average Bonchev–Trinajstić information content (AvgIpc) is 2.21. The maximum atomic E-state index is 11.0. The molecule has 0 radical (unpaired) electrons. The SMILES string of the molecule is COCC(C)Oc1cccc(C(N)=O)c1N. The van der Waals surface area contributed by atoms with E-state index in [0.29, 0.717) is 12.4 Å². The second kappa shape index (κ2) is 5.37. The van der Waals surface area contributed by atoms with Gasteiger partial charge in [0.2, 0.25) is 0 Å². The molecule has 0 saturated carbocycles. The number of nitrogen functional groups attached to an aromatic ring is 1. The van der Waals surface area contributed by atoms with Gasteiger partial charge in [-0.2, -0.15) is 0 Å². The van der Waals surface area contributed by atoms with E-state index >= 15 is 0 Å². The van der Waals surface area contributed by atoms with E-state index in [4.69, 9.17) is 20.9 Å². The maximum absolute atomic E-state index is 11.0. The van der Waals surface area contributed by atoms with Crippen LogP contribution in [0.15, 0.2) is 18.2 Å². The summed E-state index contributed by atoms with van der Waals surface area (Å²) in [5.74, 6) is -0.122. The van der Waals surface area contributed by atoms with E-state index in [2.05, 4.69) is 0 Å². The van der Waals surface area contributed by atoms with E-state index in [1.54, 1.807) is 25.3 Å². The van der Waals surface area contributed by atoms with E-state index in [1.807, 2.05) is 6.92 Å². The first-order valence-corrected chi connectivity index (χ1v) is 4.90. The van der Waals surface area contributed by atoms with Gasteiger partial charge >= 0.3 is 0 Å². The number of primary amides is 1. The Kier molecular flexibility index (Phi) is 4.13. The number of hydrogen-bond acceptors (Lipinski definition) is 4. The molecule has 88 valence electrons. The number of carbonyl (C=O) groups is 1. The van der Waals surface area contributed by atoms with Crippen molar-refractivity contribution in [2.45, 2.75) is 13.0 Å². The second-order valence-electron chi connectivity index (χ2n) is 3.47. The molecule has 0 aromatic heterocycles. The van der Waals surface area contributed by atoms with E-state index in [-0.39, 0.29) is 17.4 Å². The summed E-state index contributed by atoms with van der Waals surface area (Å²) in [6.45, 7) is 2.29. The summed E-state index contributed by atoms with van der Waals surface area (Å²) in [4.78, 5) is 11.0. The minimum absolute atomic E-state index is 0.143. The number of amides is 1. The molecule has 1 unspecified atom stereocenters. The van der Waals surface area contributed by atoms with Crippen LogP contribution in [0.5, 0.6) is 5.75 Å². The molecule has 4 N–H and O–H groups in total. The van der Waals surface area contributed by atoms with Crippen LogP contribution in [0.2, 0.25) is 0 Å². The number of nitrogens with two attached hydrogens (primary N) is 2. The van der Waals surface area contributed by atoms with Crippen LogP contribution in [0, 0.1) is 0 Å². The average molecular weight is 224 g/mol. The lowest BCUT2D eigenvalue weighted by molar-refractivity contribution is 0.0922. The van der Waals surface area contributed by atoms with Crippen molar-refractivity contribution < 1.29 is 14.3 Å². The molecule has 0 fully saturated rings. The number of rotatable bonds is 5. The molecule has 1 atom stereocenters. The van der Waals surface area contributed by atoms with Crippen LogP contribution >= 0.6 is 0 Å². The Balaban J connectivity index is 2.89. The monoisotopic (exact) mass is 224 g/mol. The molecule has 0 heterocycles. The Hall–Kier alpha value is -1.75. The highest BCUT2D eigenvalue weighted by Crippen LogP contribution is 2.25. The molecular weight excluding hydrogens is 208 g/mol. The van der Waals surface area contributed by atoms with Crippen LogP contribution < -0.4 is 16.2 Å². The second-order valence-corrected chi connectivity index (χ2v) is 3.47. The number of methoxy groups -OCH3 is 1. The molecule has 5 nitrogen and oxygen atoms in total. The molecule has 1 aromatic carbocycles. The van der Waals surface area contributed by atoms with Crippen molar-refractivity contribution in [1.82, 2.24) is 0 Å². The van der Waals surface area contributed by atoms with Gasteiger partial charge in [0.25, 0.3) is 5.91 Å². The molecular formula is C11H16N2O3. The van der Waals surface area contributed by atoms with Gasteiger partial charge in [0.1, 0.15) is 11.9 Å². The predicted octanol–water partition coefficient (Wildman–Crippen LogP) is 0.781. The largest absolute Gasteiger partial charge is 0.486 e. The lowest BCUT2D eigenvalue weighted by Crippen LogP contribution is -2.20. The predicted molar refractivity (Wildman–Crippen MR) is 61.3 cm³/mol. The normalized spacial score (nSPS) is 12.1. The Bertz CT molecular complexity index is 379. The Morgan fingerprint density at radius 2 is 2.19 bits per heavy atom. The summed E-state index contributed by atoms with van der Waals surface area (Å²) in [5, 5.41) is 0. The minimum Gasteiger partial charge on any atom is -0.486 e. The van der Waals surface area contributed by atoms with Gasteiger partial charge in [-0.05, 0) is 19.1 Å². The zero-order chi connectivity index (χ0) is 12.1. The van der Waals surface area contributed by atoms with Gasteiger partial charge in [-0.3, -0.25) is 4.79 Å². The summed E-state index contributed by atoms with van der Waals surface area (Å²) in [6, 6.07) is 4.92. The first-order chi connectivity index (χ1) is 7.56. The van der Waals surface area contributed by atoms with E-state index in [9.17, 15) is 4.79 Å². The first kappa shape index (κ1) is 12.3. The van der Waals surface area contributed by atoms with Crippen molar-refractivity contribution in [2.24, 2.45) is 5.73 Å². The van der Waals surface area contributed by atoms with Gasteiger partial charge in [0.05, 0.1) is 17.9 Å². The van der Waals surface area contributed by atoms with Crippen LogP contribution in [0.25, 0.3) is 0 Å².